The van der Waals surface area contributed by atoms with Crippen molar-refractivity contribution >= 4 is 17.7 Å². The lowest BCUT2D eigenvalue weighted by molar-refractivity contribution is -0.115. The third kappa shape index (κ3) is 6.13. The van der Waals surface area contributed by atoms with Gasteiger partial charge in [-0.05, 0) is 38.5 Å². The topological polar surface area (TPSA) is 108 Å². The molecular formula is C14H20N2O5. The standard InChI is InChI=1S/C14H20N2O5/c1-14(2,3)21-13(20)15-7-12(19)16-10-5-4-9(8-17)6-11(10)18/h4-6,17-18H,7-8H2,1-3H3,(H,15,20)(H,16,19). The van der Waals surface area contributed by atoms with E-state index in [1.54, 1.807) is 26.8 Å². The molecule has 21 heavy (non-hydrogen) atoms. The Morgan fingerprint density at radius 3 is 2.48 bits per heavy atom. The number of rotatable bonds is 4. The SMILES string of the molecule is CC(C)(C)OC(=O)NCC(=O)Nc1ccc(CO)cc1O. The van der Waals surface area contributed by atoms with Gasteiger partial charge in [0.1, 0.15) is 17.9 Å². The van der Waals surface area contributed by atoms with Gasteiger partial charge in [-0.25, -0.2) is 4.79 Å². The Morgan fingerprint density at radius 1 is 1.29 bits per heavy atom. The van der Waals surface area contributed by atoms with Crippen molar-refractivity contribution in [1.29, 1.82) is 0 Å². The van der Waals surface area contributed by atoms with Gasteiger partial charge in [0.05, 0.1) is 12.3 Å². The fourth-order valence-electron chi connectivity index (χ4n) is 1.44. The second-order valence-electron chi connectivity index (χ2n) is 5.41. The molecule has 0 radical (unpaired) electrons. The molecule has 0 bridgehead atoms. The van der Waals surface area contributed by atoms with E-state index in [1.807, 2.05) is 0 Å². The number of phenolic OH excluding ortho intramolecular Hbond substituents is 1. The summed E-state index contributed by atoms with van der Waals surface area (Å²) in [6.45, 7) is 4.66. The first kappa shape index (κ1) is 16.8. The third-order valence-electron chi connectivity index (χ3n) is 2.31. The van der Waals surface area contributed by atoms with Crippen LogP contribution in [0.15, 0.2) is 18.2 Å². The number of benzene rings is 1. The second-order valence-corrected chi connectivity index (χ2v) is 5.41. The van der Waals surface area contributed by atoms with E-state index in [1.165, 1.54) is 12.1 Å². The molecule has 0 aliphatic carbocycles. The number of aromatic hydroxyl groups is 1. The zero-order valence-corrected chi connectivity index (χ0v) is 12.3. The summed E-state index contributed by atoms with van der Waals surface area (Å²) in [7, 11) is 0. The zero-order chi connectivity index (χ0) is 16.0. The van der Waals surface area contributed by atoms with Gasteiger partial charge in [0.25, 0.3) is 0 Å². The van der Waals surface area contributed by atoms with Gasteiger partial charge in [-0.2, -0.15) is 0 Å². The normalized spacial score (nSPS) is 10.9. The number of carbonyl (C=O) groups excluding carboxylic acids is 2. The van der Waals surface area contributed by atoms with Gasteiger partial charge in [0.2, 0.25) is 5.91 Å². The monoisotopic (exact) mass is 296 g/mol. The summed E-state index contributed by atoms with van der Waals surface area (Å²) < 4.78 is 4.99. The molecule has 0 spiro atoms. The van der Waals surface area contributed by atoms with Gasteiger partial charge in [-0.3, -0.25) is 4.79 Å². The second kappa shape index (κ2) is 6.94. The lowest BCUT2D eigenvalue weighted by Crippen LogP contribution is -2.37. The number of hydrogen-bond donors (Lipinski definition) is 4. The molecule has 1 aromatic carbocycles. The van der Waals surface area contributed by atoms with E-state index in [0.29, 0.717) is 5.56 Å². The first-order valence-corrected chi connectivity index (χ1v) is 6.41. The van der Waals surface area contributed by atoms with Crippen LogP contribution >= 0.6 is 0 Å². The van der Waals surface area contributed by atoms with Crippen LogP contribution in [-0.4, -0.2) is 34.4 Å². The summed E-state index contributed by atoms with van der Waals surface area (Å²) in [5.41, 5.74) is 0.0828. The predicted octanol–water partition coefficient (Wildman–Crippen LogP) is 1.35. The van der Waals surface area contributed by atoms with Crippen LogP contribution in [0.2, 0.25) is 0 Å². The van der Waals surface area contributed by atoms with Crippen LogP contribution < -0.4 is 10.6 Å². The molecule has 0 aromatic heterocycles. The van der Waals surface area contributed by atoms with Crippen molar-refractivity contribution in [3.63, 3.8) is 0 Å². The molecule has 0 heterocycles. The average molecular weight is 296 g/mol. The van der Waals surface area contributed by atoms with Gasteiger partial charge in [0.15, 0.2) is 0 Å². The number of phenols is 1. The molecule has 0 fully saturated rings. The Kier molecular flexibility index (Phi) is 5.54. The summed E-state index contributed by atoms with van der Waals surface area (Å²) in [5, 5.41) is 23.3. The van der Waals surface area contributed by atoms with Gasteiger partial charge >= 0.3 is 6.09 Å². The smallest absolute Gasteiger partial charge is 0.408 e. The molecule has 0 atom stereocenters. The van der Waals surface area contributed by atoms with Crippen LogP contribution in [0.4, 0.5) is 10.5 Å². The van der Waals surface area contributed by atoms with Crippen LogP contribution in [-0.2, 0) is 16.1 Å². The highest BCUT2D eigenvalue weighted by Gasteiger charge is 2.16. The number of alkyl carbamates (subject to hydrolysis) is 1. The largest absolute Gasteiger partial charge is 0.506 e. The molecular weight excluding hydrogens is 276 g/mol. The molecule has 7 heteroatoms. The van der Waals surface area contributed by atoms with Gasteiger partial charge in [-0.15, -0.1) is 0 Å². The van der Waals surface area contributed by atoms with E-state index < -0.39 is 17.6 Å². The number of carbonyl (C=O) groups is 2. The van der Waals surface area contributed by atoms with Crippen molar-refractivity contribution in [2.45, 2.75) is 33.0 Å². The summed E-state index contributed by atoms with van der Waals surface area (Å²) >= 11 is 0. The Bertz CT molecular complexity index is 523. The zero-order valence-electron chi connectivity index (χ0n) is 12.3. The fourth-order valence-corrected chi connectivity index (χ4v) is 1.44. The number of aliphatic hydroxyl groups excluding tert-OH is 1. The van der Waals surface area contributed by atoms with E-state index in [2.05, 4.69) is 10.6 Å². The highest BCUT2D eigenvalue weighted by atomic mass is 16.6. The fraction of sp³-hybridized carbons (Fsp3) is 0.429. The Balaban J connectivity index is 2.49. The lowest BCUT2D eigenvalue weighted by Gasteiger charge is -2.19. The molecule has 1 aromatic rings. The first-order chi connectivity index (χ1) is 9.71. The molecule has 0 saturated heterocycles. The average Bonchev–Trinajstić information content (AvgIpc) is 2.37. The number of nitrogens with one attached hydrogen (secondary N) is 2. The summed E-state index contributed by atoms with van der Waals surface area (Å²) in [6.07, 6.45) is -0.697. The van der Waals surface area contributed by atoms with Gasteiger partial charge in [0, 0.05) is 0 Å². The van der Waals surface area contributed by atoms with Crippen LogP contribution in [0, 0.1) is 0 Å². The minimum atomic E-state index is -0.697. The summed E-state index contributed by atoms with van der Waals surface area (Å²) in [6, 6.07) is 4.37. The predicted molar refractivity (Wildman–Crippen MR) is 76.9 cm³/mol. The first-order valence-electron chi connectivity index (χ1n) is 6.41. The van der Waals surface area contributed by atoms with E-state index in [-0.39, 0.29) is 24.6 Å². The Morgan fingerprint density at radius 2 is 1.95 bits per heavy atom. The number of anilines is 1. The number of aliphatic hydroxyl groups is 1. The molecule has 2 amide bonds. The highest BCUT2D eigenvalue weighted by molar-refractivity contribution is 5.95. The summed E-state index contributed by atoms with van der Waals surface area (Å²) in [4.78, 5) is 23.0. The van der Waals surface area contributed by atoms with Crippen LogP contribution in [0.1, 0.15) is 26.3 Å². The number of ether oxygens (including phenoxy) is 1. The Labute approximate surface area is 122 Å². The molecule has 0 aliphatic heterocycles. The van der Waals surface area contributed by atoms with E-state index >= 15 is 0 Å². The molecule has 0 unspecified atom stereocenters. The molecule has 0 aliphatic rings. The minimum Gasteiger partial charge on any atom is -0.506 e. The quantitative estimate of drug-likeness (QED) is 0.627. The highest BCUT2D eigenvalue weighted by Crippen LogP contribution is 2.24. The maximum atomic E-state index is 11.6. The maximum Gasteiger partial charge on any atom is 0.408 e. The maximum absolute atomic E-state index is 11.6. The third-order valence-corrected chi connectivity index (χ3v) is 2.31. The van der Waals surface area contributed by atoms with E-state index in [4.69, 9.17) is 9.84 Å². The van der Waals surface area contributed by atoms with Crippen molar-refractivity contribution in [3.8, 4) is 5.75 Å². The van der Waals surface area contributed by atoms with Crippen LogP contribution in [0.3, 0.4) is 0 Å². The minimum absolute atomic E-state index is 0.160. The van der Waals surface area contributed by atoms with Gasteiger partial charge in [-0.1, -0.05) is 6.07 Å². The Hall–Kier alpha value is -2.28. The van der Waals surface area contributed by atoms with E-state index in [0.717, 1.165) is 0 Å². The number of hydrogen-bond acceptors (Lipinski definition) is 5. The summed E-state index contributed by atoms with van der Waals surface area (Å²) in [5.74, 6) is -0.667. The van der Waals surface area contributed by atoms with Gasteiger partial charge < -0.3 is 25.6 Å². The van der Waals surface area contributed by atoms with Crippen molar-refractivity contribution < 1.29 is 24.5 Å². The van der Waals surface area contributed by atoms with Crippen LogP contribution in [0.25, 0.3) is 0 Å². The number of amides is 2. The molecule has 0 saturated carbocycles. The van der Waals surface area contributed by atoms with Crippen molar-refractivity contribution in [2.75, 3.05) is 11.9 Å². The molecule has 7 nitrogen and oxygen atoms in total. The van der Waals surface area contributed by atoms with Crippen molar-refractivity contribution in [2.24, 2.45) is 0 Å². The van der Waals surface area contributed by atoms with Crippen molar-refractivity contribution in [1.82, 2.24) is 5.32 Å². The van der Waals surface area contributed by atoms with E-state index in [9.17, 15) is 14.7 Å². The molecule has 1 rings (SSSR count). The lowest BCUT2D eigenvalue weighted by atomic mass is 10.2. The van der Waals surface area contributed by atoms with Crippen molar-refractivity contribution in [3.05, 3.63) is 23.8 Å². The molecule has 116 valence electrons. The van der Waals surface area contributed by atoms with Crippen LogP contribution in [0.5, 0.6) is 5.75 Å². The molecule has 4 N–H and O–H groups in total.